The average Bonchev–Trinajstić information content (AvgIpc) is 3.41. The van der Waals surface area contributed by atoms with E-state index in [4.69, 9.17) is 11.6 Å². The number of carbonyl (C=O) groups is 2. The van der Waals surface area contributed by atoms with Crippen LogP contribution in [0, 0.1) is 12.3 Å². The number of fused-ring (bicyclic) bond motifs is 1. The van der Waals surface area contributed by atoms with E-state index < -0.39 is 5.41 Å². The van der Waals surface area contributed by atoms with Crippen LogP contribution >= 0.6 is 11.6 Å². The molecule has 6 heteroatoms. The molecular formula is C22H22ClN3O2. The van der Waals surface area contributed by atoms with E-state index in [-0.39, 0.29) is 11.8 Å². The summed E-state index contributed by atoms with van der Waals surface area (Å²) in [5, 5.41) is 7.52. The third kappa shape index (κ3) is 3.50. The molecular weight excluding hydrogens is 374 g/mol. The molecule has 3 N–H and O–H groups in total. The number of halogens is 1. The molecule has 0 radical (unpaired) electrons. The SMILES string of the molecule is Cc1ccc(NC(=O)C2(C(=O)NCCc3c[nH]c4ccccc34)CC2)cc1Cl. The van der Waals surface area contributed by atoms with Crippen LogP contribution in [0.25, 0.3) is 10.9 Å². The normalized spacial score (nSPS) is 14.6. The molecule has 2 aromatic carbocycles. The highest BCUT2D eigenvalue weighted by Gasteiger charge is 2.56. The number of aromatic nitrogens is 1. The molecule has 0 spiro atoms. The van der Waals surface area contributed by atoms with Crippen LogP contribution in [-0.4, -0.2) is 23.3 Å². The van der Waals surface area contributed by atoms with Gasteiger partial charge in [-0.3, -0.25) is 9.59 Å². The number of benzene rings is 2. The van der Waals surface area contributed by atoms with Gasteiger partial charge < -0.3 is 15.6 Å². The van der Waals surface area contributed by atoms with Gasteiger partial charge in [0.05, 0.1) is 0 Å². The van der Waals surface area contributed by atoms with Crippen molar-refractivity contribution in [3.05, 3.63) is 64.8 Å². The van der Waals surface area contributed by atoms with Crippen molar-refractivity contribution in [2.45, 2.75) is 26.2 Å². The summed E-state index contributed by atoms with van der Waals surface area (Å²) in [4.78, 5) is 28.6. The van der Waals surface area contributed by atoms with E-state index in [0.29, 0.717) is 36.5 Å². The molecule has 2 amide bonds. The number of hydrogen-bond acceptors (Lipinski definition) is 2. The van der Waals surface area contributed by atoms with Gasteiger partial charge in [0.15, 0.2) is 0 Å². The summed E-state index contributed by atoms with van der Waals surface area (Å²) in [5.41, 5.74) is 2.82. The Morgan fingerprint density at radius 2 is 1.93 bits per heavy atom. The van der Waals surface area contributed by atoms with Gasteiger partial charge in [0.1, 0.15) is 5.41 Å². The fraction of sp³-hybridized carbons (Fsp3) is 0.273. The van der Waals surface area contributed by atoms with Crippen LogP contribution in [0.2, 0.25) is 5.02 Å². The van der Waals surface area contributed by atoms with Crippen molar-refractivity contribution in [3.8, 4) is 0 Å². The summed E-state index contributed by atoms with van der Waals surface area (Å²) in [6, 6.07) is 13.4. The first-order valence-corrected chi connectivity index (χ1v) is 9.78. The minimum atomic E-state index is -0.961. The topological polar surface area (TPSA) is 74.0 Å². The molecule has 1 aromatic heterocycles. The maximum Gasteiger partial charge on any atom is 0.240 e. The van der Waals surface area contributed by atoms with E-state index in [1.54, 1.807) is 12.1 Å². The van der Waals surface area contributed by atoms with Crippen molar-refractivity contribution in [2.24, 2.45) is 5.41 Å². The van der Waals surface area contributed by atoms with Crippen LogP contribution in [0.5, 0.6) is 0 Å². The lowest BCUT2D eigenvalue weighted by Gasteiger charge is -2.16. The summed E-state index contributed by atoms with van der Waals surface area (Å²) < 4.78 is 0. The van der Waals surface area contributed by atoms with Gasteiger partial charge in [-0.05, 0) is 55.5 Å². The summed E-state index contributed by atoms with van der Waals surface area (Å²) in [6.45, 7) is 2.39. The molecule has 0 atom stereocenters. The third-order valence-electron chi connectivity index (χ3n) is 5.40. The van der Waals surface area contributed by atoms with Gasteiger partial charge >= 0.3 is 0 Å². The maximum absolute atomic E-state index is 12.7. The molecule has 1 fully saturated rings. The van der Waals surface area contributed by atoms with Crippen molar-refractivity contribution in [1.82, 2.24) is 10.3 Å². The second-order valence-electron chi connectivity index (χ2n) is 7.37. The van der Waals surface area contributed by atoms with Crippen LogP contribution in [0.3, 0.4) is 0 Å². The zero-order chi connectivity index (χ0) is 19.7. The number of aromatic amines is 1. The number of anilines is 1. The summed E-state index contributed by atoms with van der Waals surface area (Å²) in [6.07, 6.45) is 3.81. The Bertz CT molecular complexity index is 1050. The molecule has 1 aliphatic rings. The minimum Gasteiger partial charge on any atom is -0.361 e. The van der Waals surface area contributed by atoms with Gasteiger partial charge in [0.2, 0.25) is 11.8 Å². The minimum absolute atomic E-state index is 0.206. The molecule has 5 nitrogen and oxygen atoms in total. The number of aryl methyl sites for hydroxylation is 1. The van der Waals surface area contributed by atoms with Crippen LogP contribution in [0.4, 0.5) is 5.69 Å². The van der Waals surface area contributed by atoms with Crippen LogP contribution < -0.4 is 10.6 Å². The highest BCUT2D eigenvalue weighted by atomic mass is 35.5. The van der Waals surface area contributed by atoms with Gasteiger partial charge in [-0.15, -0.1) is 0 Å². The first-order valence-electron chi connectivity index (χ1n) is 9.40. The van der Waals surface area contributed by atoms with Crippen LogP contribution in [0.15, 0.2) is 48.7 Å². The monoisotopic (exact) mass is 395 g/mol. The van der Waals surface area contributed by atoms with Gasteiger partial charge in [-0.25, -0.2) is 0 Å². The number of H-pyrrole nitrogens is 1. The van der Waals surface area contributed by atoms with Crippen molar-refractivity contribution in [2.75, 3.05) is 11.9 Å². The summed E-state index contributed by atoms with van der Waals surface area (Å²) >= 11 is 6.12. The molecule has 3 aromatic rings. The fourth-order valence-electron chi connectivity index (χ4n) is 3.42. The molecule has 4 rings (SSSR count). The Morgan fingerprint density at radius 1 is 1.14 bits per heavy atom. The van der Waals surface area contributed by atoms with Gasteiger partial charge in [0.25, 0.3) is 0 Å². The molecule has 144 valence electrons. The fourth-order valence-corrected chi connectivity index (χ4v) is 3.60. The Balaban J connectivity index is 1.36. The van der Waals surface area contributed by atoms with Crippen molar-refractivity contribution < 1.29 is 9.59 Å². The predicted octanol–water partition coefficient (Wildman–Crippen LogP) is 4.21. The molecule has 0 bridgehead atoms. The Morgan fingerprint density at radius 3 is 2.68 bits per heavy atom. The van der Waals surface area contributed by atoms with E-state index >= 15 is 0 Å². The first kappa shape index (κ1) is 18.6. The Hall–Kier alpha value is -2.79. The lowest BCUT2D eigenvalue weighted by molar-refractivity contribution is -0.134. The van der Waals surface area contributed by atoms with Gasteiger partial charge in [0, 0.05) is 34.4 Å². The molecule has 1 heterocycles. The lowest BCUT2D eigenvalue weighted by Crippen LogP contribution is -2.40. The van der Waals surface area contributed by atoms with Gasteiger partial charge in [-0.1, -0.05) is 35.9 Å². The van der Waals surface area contributed by atoms with Crippen LogP contribution in [0.1, 0.15) is 24.0 Å². The highest BCUT2D eigenvalue weighted by Crippen LogP contribution is 2.47. The van der Waals surface area contributed by atoms with E-state index in [2.05, 4.69) is 21.7 Å². The lowest BCUT2D eigenvalue weighted by atomic mass is 10.0. The predicted molar refractivity (Wildman–Crippen MR) is 111 cm³/mol. The molecule has 0 saturated heterocycles. The largest absolute Gasteiger partial charge is 0.361 e. The number of carbonyl (C=O) groups excluding carboxylic acids is 2. The second kappa shape index (κ2) is 7.32. The van der Waals surface area contributed by atoms with Crippen molar-refractivity contribution in [3.63, 3.8) is 0 Å². The Kier molecular flexibility index (Phi) is 4.85. The zero-order valence-corrected chi connectivity index (χ0v) is 16.4. The number of rotatable bonds is 6. The van der Waals surface area contributed by atoms with Crippen molar-refractivity contribution >= 4 is 40.0 Å². The van der Waals surface area contributed by atoms with E-state index in [9.17, 15) is 9.59 Å². The maximum atomic E-state index is 12.7. The summed E-state index contributed by atoms with van der Waals surface area (Å²) in [5.74, 6) is -0.472. The molecule has 1 saturated carbocycles. The van der Waals surface area contributed by atoms with Crippen LogP contribution in [-0.2, 0) is 16.0 Å². The first-order chi connectivity index (χ1) is 13.5. The van der Waals surface area contributed by atoms with Crippen molar-refractivity contribution in [1.29, 1.82) is 0 Å². The second-order valence-corrected chi connectivity index (χ2v) is 7.77. The quantitative estimate of drug-likeness (QED) is 0.547. The number of hydrogen-bond donors (Lipinski definition) is 3. The standard InChI is InChI=1S/C22H22ClN3O2/c1-14-6-7-16(12-18(14)23)26-21(28)22(9-10-22)20(27)24-11-8-15-13-25-19-5-3-2-4-17(15)19/h2-7,12-13,25H,8-11H2,1H3,(H,24,27)(H,26,28). The number of para-hydroxylation sites is 1. The van der Waals surface area contributed by atoms with E-state index in [1.807, 2.05) is 37.4 Å². The smallest absolute Gasteiger partial charge is 0.240 e. The van der Waals surface area contributed by atoms with E-state index in [1.165, 1.54) is 0 Å². The van der Waals surface area contributed by atoms with E-state index in [0.717, 1.165) is 22.0 Å². The molecule has 0 aliphatic heterocycles. The van der Waals surface area contributed by atoms with Gasteiger partial charge in [-0.2, -0.15) is 0 Å². The molecule has 1 aliphatic carbocycles. The zero-order valence-electron chi connectivity index (χ0n) is 15.6. The summed E-state index contributed by atoms with van der Waals surface area (Å²) in [7, 11) is 0. The highest BCUT2D eigenvalue weighted by molar-refractivity contribution is 6.31. The number of nitrogens with one attached hydrogen (secondary N) is 3. The molecule has 28 heavy (non-hydrogen) atoms. The molecule has 0 unspecified atom stereocenters. The third-order valence-corrected chi connectivity index (χ3v) is 5.81. The number of amides is 2. The Labute approximate surface area is 168 Å². The average molecular weight is 396 g/mol.